The molecule has 30 heavy (non-hydrogen) atoms. The Labute approximate surface area is 184 Å². The highest BCUT2D eigenvalue weighted by Crippen LogP contribution is 2.33. The van der Waals surface area contributed by atoms with E-state index in [1.165, 1.54) is 4.31 Å². The number of sulfonamides is 1. The van der Waals surface area contributed by atoms with Crippen molar-refractivity contribution in [1.82, 2.24) is 0 Å². The van der Waals surface area contributed by atoms with Gasteiger partial charge in [0.25, 0.3) is 15.9 Å². The van der Waals surface area contributed by atoms with Crippen molar-refractivity contribution in [3.05, 3.63) is 87.9 Å². The van der Waals surface area contributed by atoms with Crippen LogP contribution in [0.15, 0.2) is 76.1 Å². The second kappa shape index (κ2) is 8.24. The molecule has 0 bridgehead atoms. The Balaban J connectivity index is 1.63. The minimum atomic E-state index is -3.65. The SMILES string of the molecule is Cc1ccc(S(=O)(=O)N2CCCc3cc(C(=O)Nc4ccccc4Br)ccc32)cc1. The van der Waals surface area contributed by atoms with Crippen molar-refractivity contribution in [2.75, 3.05) is 16.2 Å². The number of carbonyl (C=O) groups is 1. The number of nitrogens with one attached hydrogen (secondary N) is 1. The number of aryl methyl sites for hydroxylation is 2. The average Bonchev–Trinajstić information content (AvgIpc) is 2.74. The van der Waals surface area contributed by atoms with E-state index in [-0.39, 0.29) is 10.8 Å². The molecule has 1 aliphatic rings. The molecule has 0 spiro atoms. The molecule has 1 heterocycles. The summed E-state index contributed by atoms with van der Waals surface area (Å²) < 4.78 is 28.6. The number of hydrogen-bond acceptors (Lipinski definition) is 3. The van der Waals surface area contributed by atoms with Crippen molar-refractivity contribution in [2.24, 2.45) is 0 Å². The fourth-order valence-corrected chi connectivity index (χ4v) is 5.47. The van der Waals surface area contributed by atoms with Crippen LogP contribution in [-0.2, 0) is 16.4 Å². The highest BCUT2D eigenvalue weighted by molar-refractivity contribution is 9.10. The molecule has 4 rings (SSSR count). The highest BCUT2D eigenvalue weighted by Gasteiger charge is 2.29. The summed E-state index contributed by atoms with van der Waals surface area (Å²) in [6, 6.07) is 19.5. The van der Waals surface area contributed by atoms with Gasteiger partial charge in [-0.15, -0.1) is 0 Å². The summed E-state index contributed by atoms with van der Waals surface area (Å²) >= 11 is 3.43. The topological polar surface area (TPSA) is 66.5 Å². The molecule has 0 aromatic heterocycles. The van der Waals surface area contributed by atoms with Gasteiger partial charge < -0.3 is 5.32 Å². The predicted molar refractivity (Wildman–Crippen MR) is 123 cm³/mol. The summed E-state index contributed by atoms with van der Waals surface area (Å²) in [5.74, 6) is -0.233. The Morgan fingerprint density at radius 1 is 1.03 bits per heavy atom. The lowest BCUT2D eigenvalue weighted by molar-refractivity contribution is 0.102. The van der Waals surface area contributed by atoms with Crippen LogP contribution in [-0.4, -0.2) is 20.9 Å². The van der Waals surface area contributed by atoms with Crippen molar-refractivity contribution in [3.63, 3.8) is 0 Å². The van der Waals surface area contributed by atoms with Crippen molar-refractivity contribution < 1.29 is 13.2 Å². The smallest absolute Gasteiger partial charge is 0.264 e. The molecule has 0 fully saturated rings. The van der Waals surface area contributed by atoms with E-state index in [0.717, 1.165) is 22.0 Å². The van der Waals surface area contributed by atoms with E-state index in [1.54, 1.807) is 42.5 Å². The second-order valence-electron chi connectivity index (χ2n) is 7.27. The Morgan fingerprint density at radius 3 is 2.50 bits per heavy atom. The van der Waals surface area contributed by atoms with Crippen molar-refractivity contribution in [2.45, 2.75) is 24.7 Å². The molecule has 0 aliphatic carbocycles. The summed E-state index contributed by atoms with van der Waals surface area (Å²) in [6.07, 6.45) is 1.43. The molecule has 0 unspecified atom stereocenters. The summed E-state index contributed by atoms with van der Waals surface area (Å²) in [5.41, 5.74) is 3.69. The van der Waals surface area contributed by atoms with E-state index in [9.17, 15) is 13.2 Å². The third-order valence-electron chi connectivity index (χ3n) is 5.15. The minimum absolute atomic E-state index is 0.233. The second-order valence-corrected chi connectivity index (χ2v) is 9.99. The van der Waals surface area contributed by atoms with Crippen molar-refractivity contribution >= 4 is 43.2 Å². The highest BCUT2D eigenvalue weighted by atomic mass is 79.9. The Bertz CT molecular complexity index is 1210. The molecular weight excluding hydrogens is 464 g/mol. The van der Waals surface area contributed by atoms with Crippen LogP contribution in [0, 0.1) is 6.92 Å². The maximum absolute atomic E-state index is 13.2. The number of carbonyl (C=O) groups excluding carboxylic acids is 1. The van der Waals surface area contributed by atoms with Gasteiger partial charge in [-0.2, -0.15) is 0 Å². The van der Waals surface area contributed by atoms with Gasteiger partial charge in [-0.3, -0.25) is 9.10 Å². The maximum Gasteiger partial charge on any atom is 0.264 e. The molecule has 7 heteroatoms. The molecule has 1 amide bonds. The lowest BCUT2D eigenvalue weighted by Gasteiger charge is -2.30. The molecule has 3 aromatic rings. The Morgan fingerprint density at radius 2 is 1.77 bits per heavy atom. The third-order valence-corrected chi connectivity index (χ3v) is 7.67. The average molecular weight is 485 g/mol. The summed E-state index contributed by atoms with van der Waals surface area (Å²) in [7, 11) is -3.65. The Kier molecular flexibility index (Phi) is 5.66. The molecule has 1 N–H and O–H groups in total. The molecule has 0 saturated carbocycles. The summed E-state index contributed by atoms with van der Waals surface area (Å²) in [5, 5.41) is 2.89. The lowest BCUT2D eigenvalue weighted by Crippen LogP contribution is -2.35. The Hall–Kier alpha value is -2.64. The number of benzene rings is 3. The van der Waals surface area contributed by atoms with Gasteiger partial charge in [0.1, 0.15) is 0 Å². The fraction of sp³-hybridized carbons (Fsp3) is 0.174. The molecule has 0 atom stereocenters. The number of rotatable bonds is 4. The van der Waals surface area contributed by atoms with Crippen molar-refractivity contribution in [1.29, 1.82) is 0 Å². The fourth-order valence-electron chi connectivity index (χ4n) is 3.55. The number of hydrogen-bond donors (Lipinski definition) is 1. The maximum atomic E-state index is 13.2. The third kappa shape index (κ3) is 4.00. The van der Waals surface area contributed by atoms with Crippen LogP contribution in [0.4, 0.5) is 11.4 Å². The van der Waals surface area contributed by atoms with Crippen LogP contribution in [0.25, 0.3) is 0 Å². The number of anilines is 2. The van der Waals surface area contributed by atoms with Crippen molar-refractivity contribution in [3.8, 4) is 0 Å². The van der Waals surface area contributed by atoms with Crippen LogP contribution in [0.3, 0.4) is 0 Å². The van der Waals surface area contributed by atoms with E-state index >= 15 is 0 Å². The molecule has 3 aromatic carbocycles. The van der Waals surface area contributed by atoms with Gasteiger partial charge in [0.15, 0.2) is 0 Å². The van der Waals surface area contributed by atoms with E-state index in [1.807, 2.05) is 31.2 Å². The van der Waals surface area contributed by atoms with Gasteiger partial charge in [-0.25, -0.2) is 8.42 Å². The monoisotopic (exact) mass is 484 g/mol. The van der Waals surface area contributed by atoms with Crippen LogP contribution in [0.1, 0.15) is 27.9 Å². The lowest BCUT2D eigenvalue weighted by atomic mass is 10.0. The quantitative estimate of drug-likeness (QED) is 0.556. The number of amides is 1. The first-order valence-electron chi connectivity index (χ1n) is 9.64. The first-order chi connectivity index (χ1) is 14.4. The van der Waals surface area contributed by atoms with Gasteiger partial charge in [-0.1, -0.05) is 29.8 Å². The first kappa shape index (κ1) is 20.6. The zero-order valence-electron chi connectivity index (χ0n) is 16.4. The molecule has 5 nitrogen and oxygen atoms in total. The van der Waals surface area contributed by atoms with Crippen LogP contribution >= 0.6 is 15.9 Å². The number of para-hydroxylation sites is 1. The van der Waals surface area contributed by atoms with Gasteiger partial charge in [0.2, 0.25) is 0 Å². The summed E-state index contributed by atoms with van der Waals surface area (Å²) in [6.45, 7) is 2.35. The number of halogens is 1. The number of fused-ring (bicyclic) bond motifs is 1. The van der Waals surface area contributed by atoms with Crippen LogP contribution < -0.4 is 9.62 Å². The molecule has 154 valence electrons. The number of nitrogens with zero attached hydrogens (tertiary/aromatic N) is 1. The zero-order chi connectivity index (χ0) is 21.3. The van der Waals surface area contributed by atoms with E-state index < -0.39 is 10.0 Å². The van der Waals surface area contributed by atoms with Gasteiger partial charge >= 0.3 is 0 Å². The van der Waals surface area contributed by atoms with Gasteiger partial charge in [-0.05, 0) is 83.7 Å². The standard InChI is InChI=1S/C23H21BrN2O3S/c1-16-8-11-19(12-9-16)30(28,29)26-14-4-5-17-15-18(10-13-22(17)26)23(27)25-21-7-3-2-6-20(21)24/h2-3,6-13,15H,4-5,14H2,1H3,(H,25,27). The molecule has 1 aliphatic heterocycles. The van der Waals surface area contributed by atoms with Crippen LogP contribution in [0.2, 0.25) is 0 Å². The van der Waals surface area contributed by atoms with E-state index in [0.29, 0.717) is 29.9 Å². The van der Waals surface area contributed by atoms with E-state index in [4.69, 9.17) is 0 Å². The van der Waals surface area contributed by atoms with E-state index in [2.05, 4.69) is 21.2 Å². The predicted octanol–water partition coefficient (Wildman–Crippen LogP) is 5.15. The summed E-state index contributed by atoms with van der Waals surface area (Å²) in [4.78, 5) is 13.0. The van der Waals surface area contributed by atoms with Gasteiger partial charge in [0, 0.05) is 16.6 Å². The molecule has 0 saturated heterocycles. The normalized spacial score (nSPS) is 13.6. The molecular formula is C23H21BrN2O3S. The molecule has 0 radical (unpaired) electrons. The van der Waals surface area contributed by atoms with Gasteiger partial charge in [0.05, 0.1) is 16.3 Å². The van der Waals surface area contributed by atoms with Crippen LogP contribution in [0.5, 0.6) is 0 Å². The zero-order valence-corrected chi connectivity index (χ0v) is 18.8. The first-order valence-corrected chi connectivity index (χ1v) is 11.9. The largest absolute Gasteiger partial charge is 0.321 e. The minimum Gasteiger partial charge on any atom is -0.321 e.